The van der Waals surface area contributed by atoms with E-state index in [0.29, 0.717) is 5.56 Å². The molecule has 0 aliphatic carbocycles. The zero-order valence-corrected chi connectivity index (χ0v) is 32.3. The summed E-state index contributed by atoms with van der Waals surface area (Å²) in [5.74, 6) is -6.62. The van der Waals surface area contributed by atoms with Crippen molar-refractivity contribution in [3.8, 4) is 0 Å². The van der Waals surface area contributed by atoms with Crippen molar-refractivity contribution in [2.24, 2.45) is 0 Å². The number of rotatable bonds is 15. The van der Waals surface area contributed by atoms with Gasteiger partial charge in [0, 0.05) is 61.9 Å². The predicted molar refractivity (Wildman–Crippen MR) is 186 cm³/mol. The first kappa shape index (κ1) is 45.0. The third kappa shape index (κ3) is 12.8. The maximum absolute atomic E-state index is 13.3. The Morgan fingerprint density at radius 3 is 1.45 bits per heavy atom. The van der Waals surface area contributed by atoms with E-state index in [1.165, 1.54) is 11.8 Å². The van der Waals surface area contributed by atoms with Crippen molar-refractivity contribution >= 4 is 53.8 Å². The van der Waals surface area contributed by atoms with Crippen LogP contribution in [-0.4, -0.2) is 127 Å². The Balaban J connectivity index is 2.22. The fourth-order valence-corrected chi connectivity index (χ4v) is 6.08. The van der Waals surface area contributed by atoms with E-state index in [4.69, 9.17) is 47.4 Å². The predicted octanol–water partition coefficient (Wildman–Crippen LogP) is 1.30. The second-order valence-corrected chi connectivity index (χ2v) is 12.8. The number of hydrogen-bond acceptors (Lipinski definition) is 18. The van der Waals surface area contributed by atoms with Crippen molar-refractivity contribution in [3.05, 3.63) is 42.0 Å². The average molecular weight is 794 g/mol. The molecule has 1 aromatic carbocycles. The molecular weight excluding hydrogens is 746 g/mol. The van der Waals surface area contributed by atoms with E-state index >= 15 is 0 Å². The molecule has 2 aliphatic heterocycles. The number of nitrogens with zero attached hydrogens (tertiary/aromatic N) is 1. The second-order valence-electron chi connectivity index (χ2n) is 12.8. The normalized spacial score (nSPS) is 27.0. The summed E-state index contributed by atoms with van der Waals surface area (Å²) in [6, 6.07) is 6.97. The van der Waals surface area contributed by atoms with Gasteiger partial charge in [-0.1, -0.05) is 36.9 Å². The smallest absolute Gasteiger partial charge is 0.303 e. The van der Waals surface area contributed by atoms with E-state index in [0.717, 1.165) is 54.0 Å². The van der Waals surface area contributed by atoms with Gasteiger partial charge in [0.2, 0.25) is 5.91 Å². The molecule has 1 aromatic rings. The highest BCUT2D eigenvalue weighted by molar-refractivity contribution is 5.74. The Bertz CT molecular complexity index is 1630. The van der Waals surface area contributed by atoms with Crippen molar-refractivity contribution in [3.63, 3.8) is 0 Å². The van der Waals surface area contributed by atoms with E-state index in [1.54, 1.807) is 30.3 Å². The number of carbonyl (C=O) groups is 8. The van der Waals surface area contributed by atoms with Crippen molar-refractivity contribution in [2.75, 3.05) is 13.2 Å². The lowest BCUT2D eigenvalue weighted by Gasteiger charge is -2.50. The molecule has 0 spiro atoms. The van der Waals surface area contributed by atoms with Gasteiger partial charge in [-0.05, 0) is 11.1 Å². The molecule has 0 saturated carbocycles. The van der Waals surface area contributed by atoms with Crippen LogP contribution in [0.3, 0.4) is 0 Å². The Kier molecular flexibility index (Phi) is 16.5. The summed E-state index contributed by atoms with van der Waals surface area (Å²) < 4.78 is 57.1. The number of carbonyl (C=O) groups excluding carboxylic acids is 8. The molecule has 19 nitrogen and oxygen atoms in total. The molecule has 2 fully saturated rings. The number of ether oxygens (including phenoxy) is 10. The first-order valence-corrected chi connectivity index (χ1v) is 17.4. The quantitative estimate of drug-likeness (QED) is 0.180. The number of benzene rings is 1. The molecule has 3 rings (SSSR count). The Hall–Kier alpha value is -5.40. The van der Waals surface area contributed by atoms with Gasteiger partial charge in [-0.15, -0.1) is 0 Å². The zero-order chi connectivity index (χ0) is 41.9. The lowest BCUT2D eigenvalue weighted by molar-refractivity contribution is -0.350. The second kappa shape index (κ2) is 20.5. The molecule has 19 heteroatoms. The summed E-state index contributed by atoms with van der Waals surface area (Å²) in [6.07, 6.45) is -14.5. The minimum Gasteiger partial charge on any atom is -0.463 e. The maximum atomic E-state index is 13.3. The summed E-state index contributed by atoms with van der Waals surface area (Å²) in [5, 5.41) is 0. The van der Waals surface area contributed by atoms with Gasteiger partial charge in [-0.3, -0.25) is 38.4 Å². The van der Waals surface area contributed by atoms with E-state index in [-0.39, 0.29) is 6.54 Å². The molecule has 0 N–H and O–H groups in total. The molecule has 10 atom stereocenters. The number of amides is 1. The molecule has 2 aliphatic rings. The van der Waals surface area contributed by atoms with Crippen molar-refractivity contribution < 1.29 is 85.7 Å². The summed E-state index contributed by atoms with van der Waals surface area (Å²) in [4.78, 5) is 101. The molecule has 0 unspecified atom stereocenters. The lowest BCUT2D eigenvalue weighted by atomic mass is 9.94. The summed E-state index contributed by atoms with van der Waals surface area (Å²) in [5.41, 5.74) is 1.42. The van der Waals surface area contributed by atoms with E-state index < -0.39 is 122 Å². The van der Waals surface area contributed by atoms with Gasteiger partial charge in [0.25, 0.3) is 0 Å². The average Bonchev–Trinajstić information content (AvgIpc) is 3.09. The Morgan fingerprint density at radius 2 is 1.00 bits per heavy atom. The Morgan fingerprint density at radius 1 is 0.571 bits per heavy atom. The van der Waals surface area contributed by atoms with Gasteiger partial charge in [0.05, 0.1) is 0 Å². The summed E-state index contributed by atoms with van der Waals surface area (Å²) >= 11 is 0. The largest absolute Gasteiger partial charge is 0.463 e. The highest BCUT2D eigenvalue weighted by atomic mass is 16.8. The van der Waals surface area contributed by atoms with Crippen LogP contribution in [0, 0.1) is 0 Å². The van der Waals surface area contributed by atoms with Crippen LogP contribution >= 0.6 is 0 Å². The monoisotopic (exact) mass is 793 g/mol. The first-order valence-electron chi connectivity index (χ1n) is 17.4. The third-order valence-electron chi connectivity index (χ3n) is 8.18. The van der Waals surface area contributed by atoms with Crippen molar-refractivity contribution in [1.82, 2.24) is 4.90 Å². The van der Waals surface area contributed by atoms with E-state index in [9.17, 15) is 38.4 Å². The SMILES string of the molecule is C=Cc1ccc(CN(C(C)=O)[C@@H]2O[C@H](COC(C)=O)[C@@H](O[C@@H]3O[C@H](COC(C)=O)[C@H](OC(C)=O)[C@H](OC(C)=O)[C@H]3OC(C)=O)[C@H](OC(C)=O)[C@H]2OC(C)=O)cc1. The molecule has 0 aromatic heterocycles. The van der Waals surface area contributed by atoms with Crippen LogP contribution in [0.4, 0.5) is 0 Å². The van der Waals surface area contributed by atoms with Crippen LogP contribution in [0.1, 0.15) is 66.5 Å². The molecular formula is C37H47NO18. The van der Waals surface area contributed by atoms with Crippen LogP contribution in [0.2, 0.25) is 0 Å². The standard InChI is InChI=1S/C37H47NO18/c1-10-26-11-13-27(14-12-26)15-38(18(2)39)36-34(52-24(8)45)32(50-22(6)43)31(28(54-36)16-47-19(3)40)56-37-35(53-25(9)46)33(51-23(7)44)30(49-21(5)42)29(55-37)17-48-20(4)41/h10-14,28-37H,1,15-17H2,2-9H3/t28-,29-,30+,31-,32+,33+,34-,35-,36-,37+/m1/s1. The Labute approximate surface area is 322 Å². The van der Waals surface area contributed by atoms with Crippen LogP contribution < -0.4 is 0 Å². The van der Waals surface area contributed by atoms with E-state index in [2.05, 4.69) is 6.58 Å². The fraction of sp³-hybridized carbons (Fsp3) is 0.568. The molecule has 2 heterocycles. The molecule has 0 bridgehead atoms. The number of esters is 7. The molecule has 0 radical (unpaired) electrons. The topological polar surface area (TPSA) is 232 Å². The van der Waals surface area contributed by atoms with Crippen LogP contribution in [-0.2, 0) is 92.3 Å². The highest BCUT2D eigenvalue weighted by Crippen LogP contribution is 2.36. The van der Waals surface area contributed by atoms with Crippen LogP contribution in [0.15, 0.2) is 30.8 Å². The summed E-state index contributed by atoms with van der Waals surface area (Å²) in [6.45, 7) is 11.1. The summed E-state index contributed by atoms with van der Waals surface area (Å²) in [7, 11) is 0. The zero-order valence-electron chi connectivity index (χ0n) is 32.3. The van der Waals surface area contributed by atoms with Gasteiger partial charge in [-0.25, -0.2) is 0 Å². The van der Waals surface area contributed by atoms with Gasteiger partial charge in [-0.2, -0.15) is 0 Å². The molecule has 308 valence electrons. The van der Waals surface area contributed by atoms with Gasteiger partial charge >= 0.3 is 41.8 Å². The highest BCUT2D eigenvalue weighted by Gasteiger charge is 2.58. The van der Waals surface area contributed by atoms with Crippen LogP contribution in [0.25, 0.3) is 6.08 Å². The first-order chi connectivity index (χ1) is 26.3. The number of hydrogen-bond donors (Lipinski definition) is 0. The molecule has 56 heavy (non-hydrogen) atoms. The van der Waals surface area contributed by atoms with Gasteiger partial charge in [0.1, 0.15) is 31.5 Å². The van der Waals surface area contributed by atoms with Crippen LogP contribution in [0.5, 0.6) is 0 Å². The van der Waals surface area contributed by atoms with E-state index in [1.807, 2.05) is 0 Å². The minimum absolute atomic E-state index is 0.104. The van der Waals surface area contributed by atoms with Crippen molar-refractivity contribution in [1.29, 1.82) is 0 Å². The fourth-order valence-electron chi connectivity index (χ4n) is 6.08. The van der Waals surface area contributed by atoms with Gasteiger partial charge in [0.15, 0.2) is 43.0 Å². The van der Waals surface area contributed by atoms with Gasteiger partial charge < -0.3 is 52.3 Å². The molecule has 2 saturated heterocycles. The maximum Gasteiger partial charge on any atom is 0.303 e. The molecule has 1 amide bonds. The minimum atomic E-state index is -1.84. The lowest BCUT2D eigenvalue weighted by Crippen LogP contribution is -2.69. The van der Waals surface area contributed by atoms with Crippen molar-refractivity contribution in [2.45, 2.75) is 123 Å². The third-order valence-corrected chi connectivity index (χ3v) is 8.18.